The summed E-state index contributed by atoms with van der Waals surface area (Å²) in [7, 11) is 1.31. The molecule has 0 fully saturated rings. The predicted octanol–water partition coefficient (Wildman–Crippen LogP) is 8.39. The van der Waals surface area contributed by atoms with E-state index in [0.717, 1.165) is 6.08 Å². The fourth-order valence-corrected chi connectivity index (χ4v) is 3.06. The van der Waals surface area contributed by atoms with Crippen LogP contribution < -0.4 is 0 Å². The van der Waals surface area contributed by atoms with E-state index >= 15 is 0 Å². The quantitative estimate of drug-likeness (QED) is 0.138. The van der Waals surface area contributed by atoms with Crippen LogP contribution in [0.2, 0.25) is 0 Å². The zero-order chi connectivity index (χ0) is 19.7. The third-order valence-corrected chi connectivity index (χ3v) is 4.82. The molecule has 0 bridgehead atoms. The average molecular weight is 369 g/mol. The number of esters is 1. The van der Waals surface area contributed by atoms with E-state index in [4.69, 9.17) is 0 Å². The molecule has 0 spiro atoms. The van der Waals surface area contributed by atoms with Gasteiger partial charge in [0.25, 0.3) is 0 Å². The predicted molar refractivity (Wildman–Crippen MR) is 117 cm³/mol. The van der Waals surface area contributed by atoms with Crippen molar-refractivity contribution in [2.75, 3.05) is 7.11 Å². The Morgan fingerprint density at radius 1 is 0.615 bits per heavy atom. The molecule has 0 saturated carbocycles. The highest BCUT2D eigenvalue weighted by molar-refractivity contribution is 5.80. The van der Waals surface area contributed by atoms with E-state index < -0.39 is 5.97 Å². The normalized spacial score (nSPS) is 10.1. The van der Waals surface area contributed by atoms with Gasteiger partial charge in [-0.1, -0.05) is 136 Å². The summed E-state index contributed by atoms with van der Waals surface area (Å²) < 4.78 is 4.14. The first-order valence-electron chi connectivity index (χ1n) is 11.4. The molecule has 0 aliphatic carbocycles. The maximum Gasteiger partial charge on any atom is 0.329 e. The molecule has 156 valence electrons. The molecule has 0 saturated heterocycles. The molecule has 0 aliphatic heterocycles. The summed E-state index contributed by atoms with van der Waals surface area (Å²) in [5.74, 6) is -0.394. The maximum atomic E-state index is 9.84. The standard InChI is InChI=1S/C20H42.C4H6O2/c1-3-5-7-9-11-13-15-17-19-20-18-16-14-12-10-8-6-4-2;1-3-4(5)6-2/h3-20H2,1-2H3;3H,1H2,2H3. The number of methoxy groups -OCH3 is 1. The summed E-state index contributed by atoms with van der Waals surface area (Å²) in [5.41, 5.74) is 0. The van der Waals surface area contributed by atoms with Gasteiger partial charge in [0.2, 0.25) is 0 Å². The molecule has 26 heavy (non-hydrogen) atoms. The number of carbonyl (C=O) groups excluding carboxylic acids is 1. The van der Waals surface area contributed by atoms with Crippen LogP contribution in [0, 0.1) is 0 Å². The van der Waals surface area contributed by atoms with E-state index in [1.54, 1.807) is 0 Å². The van der Waals surface area contributed by atoms with Crippen LogP contribution in [0.15, 0.2) is 12.7 Å². The number of carbonyl (C=O) groups is 1. The fraction of sp³-hybridized carbons (Fsp3) is 0.875. The second-order valence-corrected chi connectivity index (χ2v) is 7.38. The van der Waals surface area contributed by atoms with Gasteiger partial charge in [-0.3, -0.25) is 0 Å². The summed E-state index contributed by atoms with van der Waals surface area (Å²) in [6.07, 6.45) is 27.5. The van der Waals surface area contributed by atoms with Gasteiger partial charge >= 0.3 is 5.97 Å². The largest absolute Gasteiger partial charge is 0.466 e. The van der Waals surface area contributed by atoms with E-state index in [0.29, 0.717) is 0 Å². The molecule has 0 amide bonds. The van der Waals surface area contributed by atoms with Crippen LogP contribution in [0.25, 0.3) is 0 Å². The Bertz CT molecular complexity index is 255. The monoisotopic (exact) mass is 368 g/mol. The van der Waals surface area contributed by atoms with Gasteiger partial charge in [0, 0.05) is 6.08 Å². The van der Waals surface area contributed by atoms with E-state index in [1.807, 2.05) is 0 Å². The van der Waals surface area contributed by atoms with Crippen molar-refractivity contribution in [1.29, 1.82) is 0 Å². The van der Waals surface area contributed by atoms with Crippen molar-refractivity contribution in [3.8, 4) is 0 Å². The molecule has 2 heteroatoms. The zero-order valence-electron chi connectivity index (χ0n) is 18.3. The number of hydrogen-bond acceptors (Lipinski definition) is 2. The third-order valence-electron chi connectivity index (χ3n) is 4.82. The Labute approximate surface area is 165 Å². The van der Waals surface area contributed by atoms with Crippen LogP contribution >= 0.6 is 0 Å². The molecule has 0 N–H and O–H groups in total. The summed E-state index contributed by atoms with van der Waals surface area (Å²) >= 11 is 0. The van der Waals surface area contributed by atoms with Crippen molar-refractivity contribution in [2.24, 2.45) is 0 Å². The van der Waals surface area contributed by atoms with E-state index in [1.165, 1.54) is 123 Å². The lowest BCUT2D eigenvalue weighted by Crippen LogP contribution is -1.91. The molecule has 0 radical (unpaired) electrons. The van der Waals surface area contributed by atoms with Gasteiger partial charge in [-0.2, -0.15) is 0 Å². The molecule has 0 aromatic rings. The lowest BCUT2D eigenvalue weighted by Gasteiger charge is -2.03. The van der Waals surface area contributed by atoms with Gasteiger partial charge < -0.3 is 4.74 Å². The maximum absolute atomic E-state index is 9.84. The van der Waals surface area contributed by atoms with E-state index in [2.05, 4.69) is 25.2 Å². The van der Waals surface area contributed by atoms with Gasteiger partial charge in [0.1, 0.15) is 0 Å². The topological polar surface area (TPSA) is 26.3 Å². The smallest absolute Gasteiger partial charge is 0.329 e. The van der Waals surface area contributed by atoms with Crippen LogP contribution in [-0.4, -0.2) is 13.1 Å². The van der Waals surface area contributed by atoms with Gasteiger partial charge in [-0.05, 0) is 0 Å². The molecule has 0 unspecified atom stereocenters. The second-order valence-electron chi connectivity index (χ2n) is 7.38. The lowest BCUT2D eigenvalue weighted by atomic mass is 10.0. The van der Waals surface area contributed by atoms with Crippen LogP contribution in [0.4, 0.5) is 0 Å². The highest BCUT2D eigenvalue weighted by Gasteiger charge is 1.94. The van der Waals surface area contributed by atoms with Crippen LogP contribution in [0.1, 0.15) is 129 Å². The van der Waals surface area contributed by atoms with Crippen molar-refractivity contribution < 1.29 is 9.53 Å². The molecule has 0 rings (SSSR count). The van der Waals surface area contributed by atoms with E-state index in [-0.39, 0.29) is 0 Å². The molecular formula is C24H48O2. The summed E-state index contributed by atoms with van der Waals surface area (Å²) in [6, 6.07) is 0. The first-order chi connectivity index (χ1) is 12.7. The Balaban J connectivity index is 0. The summed E-state index contributed by atoms with van der Waals surface area (Å²) in [5, 5.41) is 0. The molecule has 0 heterocycles. The van der Waals surface area contributed by atoms with Gasteiger partial charge in [0.15, 0.2) is 0 Å². The minimum atomic E-state index is -0.394. The Morgan fingerprint density at radius 2 is 0.846 bits per heavy atom. The third kappa shape index (κ3) is 28.0. The summed E-state index contributed by atoms with van der Waals surface area (Å²) in [6.45, 7) is 7.75. The van der Waals surface area contributed by atoms with E-state index in [9.17, 15) is 4.79 Å². The zero-order valence-corrected chi connectivity index (χ0v) is 18.3. The fourth-order valence-electron chi connectivity index (χ4n) is 3.06. The first-order valence-corrected chi connectivity index (χ1v) is 11.4. The average Bonchev–Trinajstić information content (AvgIpc) is 2.67. The minimum Gasteiger partial charge on any atom is -0.466 e. The van der Waals surface area contributed by atoms with Crippen molar-refractivity contribution in [1.82, 2.24) is 0 Å². The van der Waals surface area contributed by atoms with Gasteiger partial charge in [-0.15, -0.1) is 0 Å². The molecule has 2 nitrogen and oxygen atoms in total. The second kappa shape index (κ2) is 26.4. The number of rotatable bonds is 18. The molecule has 0 aromatic heterocycles. The van der Waals surface area contributed by atoms with Crippen LogP contribution in [0.5, 0.6) is 0 Å². The van der Waals surface area contributed by atoms with Gasteiger partial charge in [0.05, 0.1) is 7.11 Å². The lowest BCUT2D eigenvalue weighted by molar-refractivity contribution is -0.134. The molecular weight excluding hydrogens is 320 g/mol. The Morgan fingerprint density at radius 3 is 0.962 bits per heavy atom. The first kappa shape index (κ1) is 27.4. The number of ether oxygens (including phenoxy) is 1. The highest BCUT2D eigenvalue weighted by Crippen LogP contribution is 2.14. The van der Waals surface area contributed by atoms with Crippen molar-refractivity contribution in [3.05, 3.63) is 12.7 Å². The van der Waals surface area contributed by atoms with Crippen molar-refractivity contribution in [2.45, 2.75) is 129 Å². The van der Waals surface area contributed by atoms with Crippen molar-refractivity contribution >= 4 is 5.97 Å². The number of unbranched alkanes of at least 4 members (excludes halogenated alkanes) is 17. The minimum absolute atomic E-state index is 0.394. The SMILES string of the molecule is C=CC(=O)OC.CCCCCCCCCCCCCCCCCCCC. The molecule has 0 aliphatic rings. The molecule has 0 atom stereocenters. The summed E-state index contributed by atoms with van der Waals surface area (Å²) in [4.78, 5) is 9.84. The van der Waals surface area contributed by atoms with Crippen LogP contribution in [0.3, 0.4) is 0 Å². The van der Waals surface area contributed by atoms with Gasteiger partial charge in [-0.25, -0.2) is 4.79 Å². The van der Waals surface area contributed by atoms with Crippen LogP contribution in [-0.2, 0) is 9.53 Å². The number of hydrogen-bond donors (Lipinski definition) is 0. The Hall–Kier alpha value is -0.790. The highest BCUT2D eigenvalue weighted by atomic mass is 16.5. The Kier molecular flexibility index (Phi) is 27.9. The molecule has 0 aromatic carbocycles. The van der Waals surface area contributed by atoms with Crippen molar-refractivity contribution in [3.63, 3.8) is 0 Å².